The molecular formula is C12H21N3O3S. The van der Waals surface area contributed by atoms with Crippen LogP contribution in [0.3, 0.4) is 0 Å². The fourth-order valence-electron chi connectivity index (χ4n) is 1.66. The second-order valence-corrected chi connectivity index (χ2v) is 6.35. The van der Waals surface area contributed by atoms with Gasteiger partial charge >= 0.3 is 0 Å². The zero-order valence-electron chi connectivity index (χ0n) is 11.4. The van der Waals surface area contributed by atoms with E-state index < -0.39 is 10.0 Å². The Morgan fingerprint density at radius 2 is 1.95 bits per heavy atom. The summed E-state index contributed by atoms with van der Waals surface area (Å²) in [7, 11) is -2.15. The zero-order chi connectivity index (χ0) is 14.6. The molecule has 1 atom stereocenters. The molecule has 7 heteroatoms. The lowest BCUT2D eigenvalue weighted by Gasteiger charge is -2.23. The fraction of sp³-hybridized carbons (Fsp3) is 0.500. The number of nitrogen functional groups attached to an aromatic ring is 1. The van der Waals surface area contributed by atoms with Crippen molar-refractivity contribution in [2.75, 3.05) is 24.8 Å². The topological polar surface area (TPSA) is 107 Å². The molecule has 0 fully saturated rings. The number of nitrogens with two attached hydrogens (primary N) is 2. The summed E-state index contributed by atoms with van der Waals surface area (Å²) in [6.45, 7) is 4.60. The van der Waals surface area contributed by atoms with Gasteiger partial charge in [-0.25, -0.2) is 13.6 Å². The van der Waals surface area contributed by atoms with Crippen molar-refractivity contribution in [3.63, 3.8) is 0 Å². The summed E-state index contributed by atoms with van der Waals surface area (Å²) in [5, 5.41) is 8.32. The van der Waals surface area contributed by atoms with Crippen LogP contribution in [0, 0.1) is 5.92 Å². The third-order valence-corrected chi connectivity index (χ3v) is 3.65. The van der Waals surface area contributed by atoms with Gasteiger partial charge in [0.1, 0.15) is 0 Å². The molecule has 6 nitrogen and oxygen atoms in total. The Morgan fingerprint density at radius 1 is 1.32 bits per heavy atom. The second-order valence-electron chi connectivity index (χ2n) is 4.79. The lowest BCUT2D eigenvalue weighted by molar-refractivity contribution is 0.171. The maximum Gasteiger partial charge on any atom is 0.238 e. The molecule has 1 unspecified atom stereocenters. The van der Waals surface area contributed by atoms with Gasteiger partial charge in [0, 0.05) is 18.5 Å². The first-order chi connectivity index (χ1) is 8.74. The van der Waals surface area contributed by atoms with Gasteiger partial charge in [0.15, 0.2) is 0 Å². The first-order valence-electron chi connectivity index (χ1n) is 5.93. The standard InChI is InChI=1S/C12H21N3O3S/c1-8(2)12(7-18-3)15-10-4-9(13)5-11(6-10)19(14,16)17/h4-6,8,12,15H,7,13H2,1-3H3,(H2,14,16,17). The smallest absolute Gasteiger partial charge is 0.238 e. The lowest BCUT2D eigenvalue weighted by Crippen LogP contribution is -2.30. The molecule has 5 N–H and O–H groups in total. The number of rotatable bonds is 6. The van der Waals surface area contributed by atoms with Crippen LogP contribution in [-0.2, 0) is 14.8 Å². The van der Waals surface area contributed by atoms with Crippen LogP contribution in [0.15, 0.2) is 23.1 Å². The normalized spacial score (nSPS) is 13.5. The predicted octanol–water partition coefficient (Wildman–Crippen LogP) is 0.999. The van der Waals surface area contributed by atoms with Crippen LogP contribution < -0.4 is 16.2 Å². The third kappa shape index (κ3) is 4.70. The van der Waals surface area contributed by atoms with Gasteiger partial charge in [0.05, 0.1) is 17.5 Å². The van der Waals surface area contributed by atoms with E-state index in [2.05, 4.69) is 5.32 Å². The number of nitrogens with one attached hydrogen (secondary N) is 1. The number of sulfonamides is 1. The third-order valence-electron chi connectivity index (χ3n) is 2.76. The Labute approximate surface area is 114 Å². The molecule has 1 aromatic rings. The SMILES string of the molecule is COCC(Nc1cc(N)cc(S(N)(=O)=O)c1)C(C)C. The van der Waals surface area contributed by atoms with Crippen LogP contribution in [0.5, 0.6) is 0 Å². The Bertz CT molecular complexity index is 529. The largest absolute Gasteiger partial charge is 0.399 e. The van der Waals surface area contributed by atoms with Crippen molar-refractivity contribution in [2.24, 2.45) is 11.1 Å². The number of hydrogen-bond acceptors (Lipinski definition) is 5. The molecule has 0 bridgehead atoms. The van der Waals surface area contributed by atoms with Crippen LogP contribution in [0.1, 0.15) is 13.8 Å². The van der Waals surface area contributed by atoms with Gasteiger partial charge in [-0.3, -0.25) is 0 Å². The van der Waals surface area contributed by atoms with Crippen LogP contribution in [0.25, 0.3) is 0 Å². The Morgan fingerprint density at radius 3 is 2.42 bits per heavy atom. The molecule has 0 aliphatic heterocycles. The van der Waals surface area contributed by atoms with Gasteiger partial charge in [0.2, 0.25) is 10.0 Å². The first kappa shape index (κ1) is 15.7. The molecule has 0 radical (unpaired) electrons. The molecule has 19 heavy (non-hydrogen) atoms. The van der Waals surface area contributed by atoms with Crippen molar-refractivity contribution in [3.8, 4) is 0 Å². The lowest BCUT2D eigenvalue weighted by atomic mass is 10.0. The van der Waals surface area contributed by atoms with Gasteiger partial charge in [-0.15, -0.1) is 0 Å². The predicted molar refractivity (Wildman–Crippen MR) is 76.4 cm³/mol. The maximum atomic E-state index is 11.4. The fourth-order valence-corrected chi connectivity index (χ4v) is 2.26. The minimum absolute atomic E-state index is 0.00470. The van der Waals surface area contributed by atoms with Crippen molar-refractivity contribution in [1.29, 1.82) is 0 Å². The molecule has 108 valence electrons. The van der Waals surface area contributed by atoms with Gasteiger partial charge < -0.3 is 15.8 Å². The highest BCUT2D eigenvalue weighted by Gasteiger charge is 2.15. The van der Waals surface area contributed by atoms with E-state index in [-0.39, 0.29) is 10.9 Å². The molecule has 1 aromatic carbocycles. The summed E-state index contributed by atoms with van der Waals surface area (Å²) < 4.78 is 27.8. The quantitative estimate of drug-likeness (QED) is 0.676. The number of benzene rings is 1. The molecule has 0 saturated carbocycles. The minimum atomic E-state index is -3.77. The van der Waals surface area contributed by atoms with E-state index in [1.165, 1.54) is 12.1 Å². The van der Waals surface area contributed by atoms with Crippen LogP contribution in [-0.4, -0.2) is 28.2 Å². The van der Waals surface area contributed by atoms with Crippen LogP contribution >= 0.6 is 0 Å². The molecule has 0 spiro atoms. The monoisotopic (exact) mass is 287 g/mol. The van der Waals surface area contributed by atoms with Gasteiger partial charge in [-0.1, -0.05) is 13.8 Å². The summed E-state index contributed by atoms with van der Waals surface area (Å²) in [4.78, 5) is -0.00470. The summed E-state index contributed by atoms with van der Waals surface area (Å²) in [6, 6.07) is 4.53. The molecule has 0 heterocycles. The van der Waals surface area contributed by atoms with E-state index in [0.717, 1.165) is 0 Å². The summed E-state index contributed by atoms with van der Waals surface area (Å²) in [5.74, 6) is 0.319. The minimum Gasteiger partial charge on any atom is -0.399 e. The first-order valence-corrected chi connectivity index (χ1v) is 7.47. The summed E-state index contributed by atoms with van der Waals surface area (Å²) in [6.07, 6.45) is 0. The maximum absolute atomic E-state index is 11.4. The average molecular weight is 287 g/mol. The van der Waals surface area contributed by atoms with Crippen molar-refractivity contribution >= 4 is 21.4 Å². The van der Waals surface area contributed by atoms with Gasteiger partial charge in [-0.05, 0) is 24.1 Å². The summed E-state index contributed by atoms with van der Waals surface area (Å²) >= 11 is 0. The van der Waals surface area contributed by atoms with E-state index in [1.54, 1.807) is 13.2 Å². The van der Waals surface area contributed by atoms with E-state index in [9.17, 15) is 8.42 Å². The molecule has 0 saturated heterocycles. The van der Waals surface area contributed by atoms with Crippen molar-refractivity contribution in [2.45, 2.75) is 24.8 Å². The molecular weight excluding hydrogens is 266 g/mol. The highest BCUT2D eigenvalue weighted by Crippen LogP contribution is 2.21. The van der Waals surface area contributed by atoms with Crippen molar-refractivity contribution < 1.29 is 13.2 Å². The number of anilines is 2. The molecule has 0 aliphatic carbocycles. The van der Waals surface area contributed by atoms with Crippen LogP contribution in [0.2, 0.25) is 0 Å². The van der Waals surface area contributed by atoms with Crippen LogP contribution in [0.4, 0.5) is 11.4 Å². The molecule has 0 aliphatic rings. The van der Waals surface area contributed by atoms with E-state index >= 15 is 0 Å². The Kier molecular flexibility index (Phi) is 5.16. The number of primary sulfonamides is 1. The highest BCUT2D eigenvalue weighted by molar-refractivity contribution is 7.89. The van der Waals surface area contributed by atoms with Crippen molar-refractivity contribution in [3.05, 3.63) is 18.2 Å². The molecule has 0 aromatic heterocycles. The van der Waals surface area contributed by atoms with E-state index in [1.807, 2.05) is 13.8 Å². The molecule has 1 rings (SSSR count). The van der Waals surface area contributed by atoms with Gasteiger partial charge in [-0.2, -0.15) is 0 Å². The highest BCUT2D eigenvalue weighted by atomic mass is 32.2. The molecule has 0 amide bonds. The Balaban J connectivity index is 3.04. The van der Waals surface area contributed by atoms with Crippen molar-refractivity contribution in [1.82, 2.24) is 0 Å². The number of ether oxygens (including phenoxy) is 1. The summed E-state index contributed by atoms with van der Waals surface area (Å²) in [5.41, 5.74) is 6.64. The Hall–Kier alpha value is -1.31. The number of hydrogen-bond donors (Lipinski definition) is 3. The average Bonchev–Trinajstić information content (AvgIpc) is 2.26. The second kappa shape index (κ2) is 6.23. The van der Waals surface area contributed by atoms with E-state index in [4.69, 9.17) is 15.6 Å². The van der Waals surface area contributed by atoms with Gasteiger partial charge in [0.25, 0.3) is 0 Å². The zero-order valence-corrected chi connectivity index (χ0v) is 12.2. The van der Waals surface area contributed by atoms with E-state index in [0.29, 0.717) is 23.9 Å². The number of methoxy groups -OCH3 is 1.